The number of halogens is 1. The van der Waals surface area contributed by atoms with Gasteiger partial charge in [0, 0.05) is 19.1 Å². The van der Waals surface area contributed by atoms with E-state index in [1.807, 2.05) is 0 Å². The van der Waals surface area contributed by atoms with Crippen LogP contribution >= 0.6 is 11.6 Å². The van der Waals surface area contributed by atoms with Crippen LogP contribution in [0.25, 0.3) is 0 Å². The Morgan fingerprint density at radius 1 is 0.857 bits per heavy atom. The lowest BCUT2D eigenvalue weighted by Crippen LogP contribution is -2.31. The van der Waals surface area contributed by atoms with Gasteiger partial charge in [0.15, 0.2) is 0 Å². The van der Waals surface area contributed by atoms with Gasteiger partial charge in [-0.2, -0.15) is 15.0 Å². The second kappa shape index (κ2) is 7.25. The topological polar surface area (TPSA) is 53.9 Å². The molecule has 0 aromatic carbocycles. The summed E-state index contributed by atoms with van der Waals surface area (Å²) in [5.74, 6) is 1.37. The summed E-state index contributed by atoms with van der Waals surface area (Å²) in [6.45, 7) is 2.03. The van der Waals surface area contributed by atoms with Crippen LogP contribution in [0.15, 0.2) is 0 Å². The van der Waals surface area contributed by atoms with Gasteiger partial charge in [-0.25, -0.2) is 0 Å². The van der Waals surface area contributed by atoms with Gasteiger partial charge in [-0.3, -0.25) is 0 Å². The Morgan fingerprint density at radius 2 is 1.52 bits per heavy atom. The largest absolute Gasteiger partial charge is 0.351 e. The van der Waals surface area contributed by atoms with Crippen LogP contribution in [0.4, 0.5) is 11.9 Å². The molecule has 2 aliphatic rings. The molecule has 3 rings (SSSR count). The number of nitrogens with zero attached hydrogens (tertiary/aromatic N) is 4. The number of hydrogen-bond acceptors (Lipinski definition) is 5. The van der Waals surface area contributed by atoms with Crippen LogP contribution in [-0.2, 0) is 0 Å². The molecule has 0 amide bonds. The standard InChI is InChI=1S/C15H24ClN5/c16-13-18-14(17-12-8-4-1-2-5-9-12)20-15(19-13)21-10-6-3-7-11-21/h12H,1-11H2,(H,17,18,19,20). The van der Waals surface area contributed by atoms with Crippen LogP contribution in [0, 0.1) is 0 Å². The summed E-state index contributed by atoms with van der Waals surface area (Å²) in [7, 11) is 0. The molecule has 2 fully saturated rings. The van der Waals surface area contributed by atoms with Crippen LogP contribution in [0.3, 0.4) is 0 Å². The monoisotopic (exact) mass is 309 g/mol. The molecule has 0 spiro atoms. The highest BCUT2D eigenvalue weighted by Crippen LogP contribution is 2.22. The quantitative estimate of drug-likeness (QED) is 0.864. The summed E-state index contributed by atoms with van der Waals surface area (Å²) < 4.78 is 0. The van der Waals surface area contributed by atoms with Gasteiger partial charge >= 0.3 is 0 Å². The van der Waals surface area contributed by atoms with Gasteiger partial charge in [0.25, 0.3) is 0 Å². The highest BCUT2D eigenvalue weighted by molar-refractivity contribution is 6.28. The normalized spacial score (nSPS) is 21.1. The number of piperidine rings is 1. The highest BCUT2D eigenvalue weighted by Gasteiger charge is 2.18. The van der Waals surface area contributed by atoms with Crippen molar-refractivity contribution in [3.8, 4) is 0 Å². The molecule has 0 bridgehead atoms. The number of nitrogens with one attached hydrogen (secondary N) is 1. The van der Waals surface area contributed by atoms with Crippen molar-refractivity contribution in [1.82, 2.24) is 15.0 Å². The van der Waals surface area contributed by atoms with E-state index in [9.17, 15) is 0 Å². The maximum atomic E-state index is 6.09. The Kier molecular flexibility index (Phi) is 5.12. The molecule has 21 heavy (non-hydrogen) atoms. The van der Waals surface area contributed by atoms with Crippen molar-refractivity contribution in [3.05, 3.63) is 5.28 Å². The molecule has 1 aliphatic heterocycles. The lowest BCUT2D eigenvalue weighted by atomic mass is 10.1. The molecule has 0 atom stereocenters. The Bertz CT molecular complexity index is 453. The number of rotatable bonds is 3. The van der Waals surface area contributed by atoms with Crippen LogP contribution in [0.1, 0.15) is 57.8 Å². The van der Waals surface area contributed by atoms with Crippen molar-refractivity contribution in [2.75, 3.05) is 23.3 Å². The molecule has 1 aromatic rings. The minimum absolute atomic E-state index is 0.293. The first-order valence-corrected chi connectivity index (χ1v) is 8.62. The van der Waals surface area contributed by atoms with Gasteiger partial charge in [0.2, 0.25) is 17.2 Å². The zero-order chi connectivity index (χ0) is 14.5. The average molecular weight is 310 g/mol. The van der Waals surface area contributed by atoms with Gasteiger partial charge < -0.3 is 10.2 Å². The number of aromatic nitrogens is 3. The van der Waals surface area contributed by atoms with E-state index in [0.29, 0.717) is 17.3 Å². The molecule has 116 valence electrons. The Morgan fingerprint density at radius 3 is 2.24 bits per heavy atom. The summed E-state index contributed by atoms with van der Waals surface area (Å²) in [6, 6.07) is 0.472. The number of hydrogen-bond donors (Lipinski definition) is 1. The van der Waals surface area contributed by atoms with Gasteiger partial charge in [0.05, 0.1) is 0 Å². The minimum Gasteiger partial charge on any atom is -0.351 e. The second-order valence-corrected chi connectivity index (χ2v) is 6.45. The predicted molar refractivity (Wildman–Crippen MR) is 86.0 cm³/mol. The fourth-order valence-electron chi connectivity index (χ4n) is 3.25. The Hall–Kier alpha value is -1.10. The van der Waals surface area contributed by atoms with Gasteiger partial charge in [-0.1, -0.05) is 25.7 Å². The smallest absolute Gasteiger partial charge is 0.231 e. The predicted octanol–water partition coefficient (Wildman–Crippen LogP) is 3.65. The fraction of sp³-hybridized carbons (Fsp3) is 0.800. The maximum Gasteiger partial charge on any atom is 0.231 e. The van der Waals surface area contributed by atoms with Crippen LogP contribution in [0.2, 0.25) is 5.28 Å². The molecule has 1 saturated heterocycles. The van der Waals surface area contributed by atoms with Gasteiger partial charge in [0.1, 0.15) is 0 Å². The van der Waals surface area contributed by atoms with E-state index in [1.165, 1.54) is 57.8 Å². The van der Waals surface area contributed by atoms with E-state index in [0.717, 1.165) is 19.0 Å². The Balaban J connectivity index is 1.70. The van der Waals surface area contributed by atoms with Crippen LogP contribution < -0.4 is 10.2 Å². The molecule has 2 heterocycles. The van der Waals surface area contributed by atoms with Crippen LogP contribution in [0.5, 0.6) is 0 Å². The summed E-state index contributed by atoms with van der Waals surface area (Å²) >= 11 is 6.09. The molecule has 6 heteroatoms. The summed E-state index contributed by atoms with van der Waals surface area (Å²) in [5.41, 5.74) is 0. The second-order valence-electron chi connectivity index (χ2n) is 6.11. The first-order chi connectivity index (χ1) is 10.3. The summed E-state index contributed by atoms with van der Waals surface area (Å²) in [4.78, 5) is 15.4. The molecule has 0 radical (unpaired) electrons. The van der Waals surface area contributed by atoms with Crippen LogP contribution in [-0.4, -0.2) is 34.1 Å². The number of anilines is 2. The van der Waals surface area contributed by atoms with Gasteiger partial charge in [-0.05, 0) is 43.7 Å². The van der Waals surface area contributed by atoms with Crippen molar-refractivity contribution in [2.24, 2.45) is 0 Å². The molecular weight excluding hydrogens is 286 g/mol. The van der Waals surface area contributed by atoms with E-state index >= 15 is 0 Å². The van der Waals surface area contributed by atoms with E-state index in [4.69, 9.17) is 11.6 Å². The molecule has 1 aliphatic carbocycles. The molecular formula is C15H24ClN5. The first-order valence-electron chi connectivity index (χ1n) is 8.24. The minimum atomic E-state index is 0.293. The van der Waals surface area contributed by atoms with Crippen molar-refractivity contribution < 1.29 is 0 Å². The van der Waals surface area contributed by atoms with Crippen molar-refractivity contribution >= 4 is 23.5 Å². The Labute approximate surface area is 131 Å². The fourth-order valence-corrected chi connectivity index (χ4v) is 3.40. The van der Waals surface area contributed by atoms with E-state index in [2.05, 4.69) is 25.2 Å². The molecule has 1 aromatic heterocycles. The lowest BCUT2D eigenvalue weighted by Gasteiger charge is -2.27. The first kappa shape index (κ1) is 14.8. The summed E-state index contributed by atoms with van der Waals surface area (Å²) in [5, 5.41) is 3.76. The maximum absolute atomic E-state index is 6.09. The highest BCUT2D eigenvalue weighted by atomic mass is 35.5. The van der Waals surface area contributed by atoms with Crippen molar-refractivity contribution in [3.63, 3.8) is 0 Å². The van der Waals surface area contributed by atoms with E-state index < -0.39 is 0 Å². The average Bonchev–Trinajstić information content (AvgIpc) is 2.76. The molecule has 0 unspecified atom stereocenters. The SMILES string of the molecule is Clc1nc(NC2CCCCCC2)nc(N2CCCCC2)n1. The molecule has 1 saturated carbocycles. The van der Waals surface area contributed by atoms with Gasteiger partial charge in [-0.15, -0.1) is 0 Å². The third-order valence-electron chi connectivity index (χ3n) is 4.42. The zero-order valence-electron chi connectivity index (χ0n) is 12.5. The summed E-state index contributed by atoms with van der Waals surface area (Å²) in [6.07, 6.45) is 11.4. The van der Waals surface area contributed by atoms with E-state index in [1.54, 1.807) is 0 Å². The third kappa shape index (κ3) is 4.19. The van der Waals surface area contributed by atoms with E-state index in [-0.39, 0.29) is 0 Å². The van der Waals surface area contributed by atoms with Crippen molar-refractivity contribution in [1.29, 1.82) is 0 Å². The zero-order valence-corrected chi connectivity index (χ0v) is 13.3. The lowest BCUT2D eigenvalue weighted by molar-refractivity contribution is 0.566. The third-order valence-corrected chi connectivity index (χ3v) is 4.59. The molecule has 5 nitrogen and oxygen atoms in total. The molecule has 1 N–H and O–H groups in total. The van der Waals surface area contributed by atoms with Crippen molar-refractivity contribution in [2.45, 2.75) is 63.8 Å².